The van der Waals surface area contributed by atoms with Gasteiger partial charge in [0.2, 0.25) is 11.8 Å². The van der Waals surface area contributed by atoms with Gasteiger partial charge in [0, 0.05) is 12.4 Å². The van der Waals surface area contributed by atoms with E-state index in [0.717, 1.165) is 7.11 Å². The van der Waals surface area contributed by atoms with Crippen molar-refractivity contribution in [1.82, 2.24) is 29.9 Å². The first-order valence-corrected chi connectivity index (χ1v) is 9.09. The summed E-state index contributed by atoms with van der Waals surface area (Å²) in [6.45, 7) is 0. The number of hydrogen-bond donors (Lipinski definition) is 1. The van der Waals surface area contributed by atoms with Gasteiger partial charge < -0.3 is 10.1 Å². The molecule has 0 atom stereocenters. The Hall–Kier alpha value is -3.12. The van der Waals surface area contributed by atoms with Gasteiger partial charge in [0.15, 0.2) is 5.65 Å². The zero-order chi connectivity index (χ0) is 20.6. The maximum Gasteiger partial charge on any atom is 0.423 e. The lowest BCUT2D eigenvalue weighted by atomic mass is 10.3. The lowest BCUT2D eigenvalue weighted by Crippen LogP contribution is -2.11. The summed E-state index contributed by atoms with van der Waals surface area (Å²) in [6.07, 6.45) is -1.05. The zero-order valence-corrected chi connectivity index (χ0v) is 16.0. The molecule has 0 aliphatic carbocycles. The van der Waals surface area contributed by atoms with E-state index in [4.69, 9.17) is 16.3 Å². The summed E-state index contributed by atoms with van der Waals surface area (Å²) in [5.41, 5.74) is 2.50. The molecule has 148 valence electrons. The average Bonchev–Trinajstić information content (AvgIpc) is 3.12. The maximum absolute atomic E-state index is 13.0. The highest BCUT2D eigenvalue weighted by Crippen LogP contribution is 2.35. The number of hydrogen-bond acceptors (Lipinski definition) is 9. The van der Waals surface area contributed by atoms with Gasteiger partial charge in [0.05, 0.1) is 24.5 Å². The number of pyridine rings is 1. The van der Waals surface area contributed by atoms with Crippen LogP contribution in [-0.4, -0.2) is 37.0 Å². The molecule has 8 nitrogen and oxygen atoms in total. The molecule has 1 N–H and O–H groups in total. The van der Waals surface area contributed by atoms with E-state index < -0.39 is 17.6 Å². The number of aromatic nitrogens is 6. The number of methoxy groups -OCH3 is 1. The van der Waals surface area contributed by atoms with Gasteiger partial charge in [-0.2, -0.15) is 18.2 Å². The summed E-state index contributed by atoms with van der Waals surface area (Å²) in [4.78, 5) is 24.5. The van der Waals surface area contributed by atoms with Crippen LogP contribution in [0.15, 0.2) is 30.2 Å². The molecule has 4 aromatic rings. The zero-order valence-electron chi connectivity index (χ0n) is 14.4. The lowest BCUT2D eigenvalue weighted by Gasteiger charge is -2.12. The predicted octanol–water partition coefficient (Wildman–Crippen LogP) is 4.36. The largest absolute Gasteiger partial charge is 0.480 e. The quantitative estimate of drug-likeness (QED) is 0.500. The van der Waals surface area contributed by atoms with Gasteiger partial charge in [-0.05, 0) is 6.07 Å². The van der Waals surface area contributed by atoms with Crippen molar-refractivity contribution < 1.29 is 17.9 Å². The minimum absolute atomic E-state index is 0.101. The summed E-state index contributed by atoms with van der Waals surface area (Å²) in [6, 6.07) is 1.57. The van der Waals surface area contributed by atoms with Crippen LogP contribution in [0.1, 0.15) is 5.56 Å². The van der Waals surface area contributed by atoms with Crippen LogP contribution >= 0.6 is 22.9 Å². The van der Waals surface area contributed by atoms with E-state index in [9.17, 15) is 13.2 Å². The van der Waals surface area contributed by atoms with Gasteiger partial charge in [-0.3, -0.25) is 0 Å². The number of thiazole rings is 1. The fraction of sp³-hybridized carbons (Fsp3) is 0.125. The highest BCUT2D eigenvalue weighted by atomic mass is 35.5. The third kappa shape index (κ3) is 3.76. The van der Waals surface area contributed by atoms with E-state index in [-0.39, 0.29) is 11.6 Å². The first-order chi connectivity index (χ1) is 13.9. The van der Waals surface area contributed by atoms with Crippen LogP contribution in [0.25, 0.3) is 22.6 Å². The van der Waals surface area contributed by atoms with Crippen molar-refractivity contribution in [2.45, 2.75) is 6.18 Å². The van der Waals surface area contributed by atoms with Gasteiger partial charge >= 0.3 is 6.18 Å². The van der Waals surface area contributed by atoms with Crippen molar-refractivity contribution in [3.63, 3.8) is 0 Å². The molecular weight excluding hydrogens is 431 g/mol. The molecule has 0 fully saturated rings. The van der Waals surface area contributed by atoms with E-state index in [1.807, 2.05) is 0 Å². The summed E-state index contributed by atoms with van der Waals surface area (Å²) < 4.78 is 44.1. The standard InChI is InChI=1S/C16H9ClF3N7OS/c1-28-14-7(16(18,19)20)4-23-15(27-14)26-8-2-3-21-13-11(8)22-5-9(25-13)10-12(17)29-6-24-10/h2-6H,1H3,(H,21,23,25,26,27). The number of rotatable bonds is 4. The molecule has 0 aliphatic rings. The molecule has 0 aromatic carbocycles. The van der Waals surface area contributed by atoms with Crippen molar-refractivity contribution in [2.75, 3.05) is 12.4 Å². The van der Waals surface area contributed by atoms with E-state index >= 15 is 0 Å². The Labute approximate surface area is 169 Å². The Morgan fingerprint density at radius 3 is 2.62 bits per heavy atom. The molecule has 4 aromatic heterocycles. The SMILES string of the molecule is COc1nc(Nc2ccnc3nc(-c4ncsc4Cl)cnc23)ncc1C(F)(F)F. The molecule has 0 amide bonds. The first-order valence-electron chi connectivity index (χ1n) is 7.83. The molecule has 29 heavy (non-hydrogen) atoms. The smallest absolute Gasteiger partial charge is 0.423 e. The highest BCUT2D eigenvalue weighted by Gasteiger charge is 2.36. The highest BCUT2D eigenvalue weighted by molar-refractivity contribution is 7.14. The second-order valence-electron chi connectivity index (χ2n) is 5.50. The average molecular weight is 440 g/mol. The Kier molecular flexibility index (Phi) is 4.88. The second kappa shape index (κ2) is 7.37. The van der Waals surface area contributed by atoms with Gasteiger partial charge in [-0.25, -0.2) is 24.9 Å². The molecular formula is C16H9ClF3N7OS. The van der Waals surface area contributed by atoms with Gasteiger partial charge in [-0.15, -0.1) is 11.3 Å². The van der Waals surface area contributed by atoms with Crippen LogP contribution < -0.4 is 10.1 Å². The van der Waals surface area contributed by atoms with E-state index in [0.29, 0.717) is 33.1 Å². The monoisotopic (exact) mass is 439 g/mol. The van der Waals surface area contributed by atoms with Gasteiger partial charge in [-0.1, -0.05) is 11.6 Å². The van der Waals surface area contributed by atoms with Crippen molar-refractivity contribution in [3.8, 4) is 17.3 Å². The van der Waals surface area contributed by atoms with Crippen LogP contribution in [0.4, 0.5) is 24.8 Å². The first kappa shape index (κ1) is 19.2. The molecule has 0 bridgehead atoms. The molecule has 0 unspecified atom stereocenters. The number of fused-ring (bicyclic) bond motifs is 1. The van der Waals surface area contributed by atoms with Crippen LogP contribution in [-0.2, 0) is 6.18 Å². The Bertz CT molecular complexity index is 1200. The fourth-order valence-electron chi connectivity index (χ4n) is 2.43. The second-order valence-corrected chi connectivity index (χ2v) is 6.96. The summed E-state index contributed by atoms with van der Waals surface area (Å²) in [5, 5.41) is 2.81. The maximum atomic E-state index is 13.0. The fourth-order valence-corrected chi connectivity index (χ4v) is 3.22. The van der Waals surface area contributed by atoms with Crippen LogP contribution in [0.3, 0.4) is 0 Å². The molecule has 0 saturated heterocycles. The number of anilines is 2. The number of nitrogens with zero attached hydrogens (tertiary/aromatic N) is 6. The molecule has 4 heterocycles. The van der Waals surface area contributed by atoms with Crippen molar-refractivity contribution in [1.29, 1.82) is 0 Å². The minimum atomic E-state index is -4.63. The summed E-state index contributed by atoms with van der Waals surface area (Å²) in [5.74, 6) is -0.698. The van der Waals surface area contributed by atoms with Crippen molar-refractivity contribution in [3.05, 3.63) is 40.1 Å². The van der Waals surface area contributed by atoms with Crippen molar-refractivity contribution in [2.24, 2.45) is 0 Å². The van der Waals surface area contributed by atoms with Crippen LogP contribution in [0.5, 0.6) is 5.88 Å². The molecule has 13 heteroatoms. The molecule has 0 spiro atoms. The predicted molar refractivity (Wildman–Crippen MR) is 100 cm³/mol. The van der Waals surface area contributed by atoms with Crippen LogP contribution in [0.2, 0.25) is 4.34 Å². The van der Waals surface area contributed by atoms with Gasteiger partial charge in [0.1, 0.15) is 26.8 Å². The number of ether oxygens (including phenoxy) is 1. The third-order valence-electron chi connectivity index (χ3n) is 3.71. The van der Waals surface area contributed by atoms with E-state index in [2.05, 4.69) is 35.2 Å². The van der Waals surface area contributed by atoms with Crippen molar-refractivity contribution >= 4 is 45.7 Å². The number of halogens is 4. The lowest BCUT2D eigenvalue weighted by molar-refractivity contribution is -0.139. The molecule has 0 aliphatic heterocycles. The Morgan fingerprint density at radius 1 is 1.10 bits per heavy atom. The summed E-state index contributed by atoms with van der Waals surface area (Å²) >= 11 is 7.35. The minimum Gasteiger partial charge on any atom is -0.480 e. The van der Waals surface area contributed by atoms with E-state index in [1.165, 1.54) is 23.7 Å². The van der Waals surface area contributed by atoms with E-state index in [1.54, 1.807) is 11.6 Å². The van der Waals surface area contributed by atoms with Crippen LogP contribution in [0, 0.1) is 0 Å². The molecule has 0 radical (unpaired) electrons. The Balaban J connectivity index is 1.71. The topological polar surface area (TPSA) is 98.6 Å². The Morgan fingerprint density at radius 2 is 1.93 bits per heavy atom. The van der Waals surface area contributed by atoms with Gasteiger partial charge in [0.25, 0.3) is 0 Å². The number of nitrogens with one attached hydrogen (secondary N) is 1. The normalized spacial score (nSPS) is 11.6. The molecule has 4 rings (SSSR count). The third-order valence-corrected chi connectivity index (χ3v) is 4.77. The number of alkyl halides is 3. The molecule has 0 saturated carbocycles. The summed E-state index contributed by atoms with van der Waals surface area (Å²) in [7, 11) is 1.10.